The molecule has 0 unspecified atom stereocenters. The van der Waals surface area contributed by atoms with Crippen LogP contribution in [0.3, 0.4) is 0 Å². The van der Waals surface area contributed by atoms with Gasteiger partial charge in [0, 0.05) is 5.56 Å². The Labute approximate surface area is 132 Å². The minimum Gasteiger partial charge on any atom is -0.504 e. The van der Waals surface area contributed by atoms with Crippen molar-refractivity contribution in [2.24, 2.45) is 5.10 Å². The van der Waals surface area contributed by atoms with Crippen LogP contribution >= 0.6 is 0 Å². The number of nitrogens with one attached hydrogen (secondary N) is 1. The fraction of sp³-hybridized carbons (Fsp3) is 0.0667. The molecule has 8 heteroatoms. The van der Waals surface area contributed by atoms with Crippen molar-refractivity contribution in [2.45, 2.75) is 0 Å². The number of nitrogens with zero attached hydrogens (tertiary/aromatic N) is 5. The summed E-state index contributed by atoms with van der Waals surface area (Å²) in [5.41, 5.74) is 4.06. The number of rotatable bonds is 5. The summed E-state index contributed by atoms with van der Waals surface area (Å²) in [5.74, 6) is 0.751. The first-order chi connectivity index (χ1) is 11.3. The number of hydrogen-bond donors (Lipinski definition) is 2. The molecule has 0 spiro atoms. The average molecular weight is 310 g/mol. The number of hydrazone groups is 1. The summed E-state index contributed by atoms with van der Waals surface area (Å²) in [5, 5.41) is 25.4. The number of aromatic nitrogens is 4. The normalized spacial score (nSPS) is 10.8. The van der Waals surface area contributed by atoms with Crippen LogP contribution in [0.2, 0.25) is 0 Å². The van der Waals surface area contributed by atoms with Gasteiger partial charge in [0.1, 0.15) is 0 Å². The maximum absolute atomic E-state index is 9.99. The molecule has 0 aliphatic rings. The maximum atomic E-state index is 9.99. The molecule has 0 saturated heterocycles. The van der Waals surface area contributed by atoms with Gasteiger partial charge >= 0.3 is 0 Å². The van der Waals surface area contributed by atoms with Crippen molar-refractivity contribution >= 4 is 12.2 Å². The van der Waals surface area contributed by atoms with Gasteiger partial charge < -0.3 is 9.84 Å². The van der Waals surface area contributed by atoms with Gasteiger partial charge in [-0.05, 0) is 34.7 Å². The first-order valence-corrected chi connectivity index (χ1v) is 6.78. The Balaban J connectivity index is 1.79. The first-order valence-electron chi connectivity index (χ1n) is 6.78. The molecule has 0 saturated carbocycles. The molecule has 0 aliphatic heterocycles. The molecule has 116 valence electrons. The van der Waals surface area contributed by atoms with Crippen molar-refractivity contribution in [2.75, 3.05) is 12.5 Å². The van der Waals surface area contributed by atoms with Crippen LogP contribution in [0.4, 0.5) is 5.95 Å². The Hall–Kier alpha value is -3.42. The van der Waals surface area contributed by atoms with Gasteiger partial charge in [-0.25, -0.2) is 5.43 Å². The summed E-state index contributed by atoms with van der Waals surface area (Å²) in [7, 11) is 1.49. The number of para-hydroxylation sites is 2. The van der Waals surface area contributed by atoms with E-state index in [1.54, 1.807) is 18.2 Å². The maximum Gasteiger partial charge on any atom is 0.268 e. The minimum absolute atomic E-state index is 0.0169. The second kappa shape index (κ2) is 6.56. The number of tetrazole rings is 1. The van der Waals surface area contributed by atoms with Crippen molar-refractivity contribution in [1.29, 1.82) is 0 Å². The molecule has 0 atom stereocenters. The van der Waals surface area contributed by atoms with Gasteiger partial charge in [-0.2, -0.15) is 9.78 Å². The van der Waals surface area contributed by atoms with Crippen molar-refractivity contribution in [3.63, 3.8) is 0 Å². The lowest BCUT2D eigenvalue weighted by Crippen LogP contribution is -2.03. The number of ether oxygens (including phenoxy) is 1. The standard InChI is InChI=1S/C15H14N6O2/c1-23-13-9-5-6-11(14(13)22)10-16-17-15-18-19-20-21(15)12-7-3-2-4-8-12/h2-10,22H,1H3,(H,17,18,20)/b16-10+. The zero-order valence-electron chi connectivity index (χ0n) is 12.3. The van der Waals surface area contributed by atoms with E-state index in [2.05, 4.69) is 26.1 Å². The van der Waals surface area contributed by atoms with Crippen molar-refractivity contribution in [1.82, 2.24) is 20.2 Å². The molecule has 23 heavy (non-hydrogen) atoms. The van der Waals surface area contributed by atoms with E-state index < -0.39 is 0 Å². The highest BCUT2D eigenvalue weighted by atomic mass is 16.5. The molecule has 2 aromatic carbocycles. The van der Waals surface area contributed by atoms with Crippen LogP contribution in [0.15, 0.2) is 53.6 Å². The molecule has 0 bridgehead atoms. The number of hydrogen-bond acceptors (Lipinski definition) is 7. The Kier molecular flexibility index (Phi) is 4.14. The van der Waals surface area contributed by atoms with Gasteiger partial charge in [-0.15, -0.1) is 0 Å². The average Bonchev–Trinajstić information content (AvgIpc) is 3.06. The third-order valence-corrected chi connectivity index (χ3v) is 3.09. The predicted octanol–water partition coefficient (Wildman–Crippen LogP) is 1.82. The summed E-state index contributed by atoms with van der Waals surface area (Å²) in [4.78, 5) is 0. The van der Waals surface area contributed by atoms with E-state index in [4.69, 9.17) is 4.74 Å². The van der Waals surface area contributed by atoms with Gasteiger partial charge in [0.15, 0.2) is 11.5 Å². The molecule has 2 N–H and O–H groups in total. The number of phenolic OH excluding ortho intramolecular Hbond substituents is 1. The number of methoxy groups -OCH3 is 1. The summed E-state index contributed by atoms with van der Waals surface area (Å²) in [6, 6.07) is 14.6. The monoisotopic (exact) mass is 310 g/mol. The number of anilines is 1. The second-order valence-electron chi connectivity index (χ2n) is 4.52. The lowest BCUT2D eigenvalue weighted by molar-refractivity contribution is 0.373. The fourth-order valence-corrected chi connectivity index (χ4v) is 1.97. The highest BCUT2D eigenvalue weighted by Gasteiger charge is 2.07. The molecular weight excluding hydrogens is 296 g/mol. The van der Waals surface area contributed by atoms with Crippen molar-refractivity contribution in [3.05, 3.63) is 54.1 Å². The van der Waals surface area contributed by atoms with Crippen LogP contribution in [0, 0.1) is 0 Å². The quantitative estimate of drug-likeness (QED) is 0.551. The van der Waals surface area contributed by atoms with Crippen molar-refractivity contribution < 1.29 is 9.84 Å². The van der Waals surface area contributed by atoms with E-state index >= 15 is 0 Å². The predicted molar refractivity (Wildman–Crippen MR) is 85.0 cm³/mol. The lowest BCUT2D eigenvalue weighted by Gasteiger charge is -2.05. The lowest BCUT2D eigenvalue weighted by atomic mass is 10.2. The van der Waals surface area contributed by atoms with E-state index in [1.165, 1.54) is 18.0 Å². The molecule has 0 amide bonds. The molecular formula is C15H14N6O2. The van der Waals surface area contributed by atoms with E-state index in [0.29, 0.717) is 17.3 Å². The third kappa shape index (κ3) is 3.10. The molecule has 0 aliphatic carbocycles. The van der Waals surface area contributed by atoms with Gasteiger partial charge in [-0.3, -0.25) is 0 Å². The molecule has 1 heterocycles. The van der Waals surface area contributed by atoms with Crippen LogP contribution in [-0.4, -0.2) is 38.6 Å². The Morgan fingerprint density at radius 1 is 1.17 bits per heavy atom. The highest BCUT2D eigenvalue weighted by molar-refractivity contribution is 5.85. The third-order valence-electron chi connectivity index (χ3n) is 3.09. The molecule has 3 aromatic rings. The molecule has 3 rings (SSSR count). The molecule has 8 nitrogen and oxygen atoms in total. The van der Waals surface area contributed by atoms with E-state index in [9.17, 15) is 5.11 Å². The smallest absolute Gasteiger partial charge is 0.268 e. The minimum atomic E-state index is 0.0169. The zero-order valence-corrected chi connectivity index (χ0v) is 12.3. The van der Waals surface area contributed by atoms with Gasteiger partial charge in [0.2, 0.25) is 0 Å². The second-order valence-corrected chi connectivity index (χ2v) is 4.52. The summed E-state index contributed by atoms with van der Waals surface area (Å²) in [6.07, 6.45) is 1.46. The number of benzene rings is 2. The molecule has 1 aromatic heterocycles. The Morgan fingerprint density at radius 3 is 2.78 bits per heavy atom. The van der Waals surface area contributed by atoms with Gasteiger partial charge in [-0.1, -0.05) is 29.4 Å². The Bertz CT molecular complexity index is 816. The Morgan fingerprint density at radius 2 is 2.00 bits per heavy atom. The van der Waals surface area contributed by atoms with Gasteiger partial charge in [0.05, 0.1) is 19.0 Å². The fourth-order valence-electron chi connectivity index (χ4n) is 1.97. The SMILES string of the molecule is COc1cccc(/C=N/Nc2nnnn2-c2ccccc2)c1O. The largest absolute Gasteiger partial charge is 0.504 e. The highest BCUT2D eigenvalue weighted by Crippen LogP contribution is 2.27. The van der Waals surface area contributed by atoms with Gasteiger partial charge in [0.25, 0.3) is 5.95 Å². The number of phenols is 1. The van der Waals surface area contributed by atoms with E-state index in [0.717, 1.165) is 5.69 Å². The van der Waals surface area contributed by atoms with Crippen LogP contribution in [0.1, 0.15) is 5.56 Å². The van der Waals surface area contributed by atoms with Crippen LogP contribution in [0.25, 0.3) is 5.69 Å². The number of aromatic hydroxyl groups is 1. The van der Waals surface area contributed by atoms with E-state index in [-0.39, 0.29) is 5.75 Å². The molecule has 0 fully saturated rings. The van der Waals surface area contributed by atoms with Crippen LogP contribution in [-0.2, 0) is 0 Å². The summed E-state index contributed by atoms with van der Waals surface area (Å²) >= 11 is 0. The molecule has 0 radical (unpaired) electrons. The van der Waals surface area contributed by atoms with Crippen LogP contribution in [0.5, 0.6) is 11.5 Å². The topological polar surface area (TPSA) is 97.5 Å². The zero-order chi connectivity index (χ0) is 16.1. The first kappa shape index (κ1) is 14.5. The van der Waals surface area contributed by atoms with E-state index in [1.807, 2.05) is 30.3 Å². The summed E-state index contributed by atoms with van der Waals surface area (Å²) in [6.45, 7) is 0. The summed E-state index contributed by atoms with van der Waals surface area (Å²) < 4.78 is 6.56. The van der Waals surface area contributed by atoms with Crippen molar-refractivity contribution in [3.8, 4) is 17.2 Å². The van der Waals surface area contributed by atoms with Crippen LogP contribution < -0.4 is 10.2 Å².